The van der Waals surface area contributed by atoms with Gasteiger partial charge in [-0.2, -0.15) is 0 Å². The Bertz CT molecular complexity index is 624. The number of anilines is 1. The van der Waals surface area contributed by atoms with Gasteiger partial charge in [0.05, 0.1) is 11.3 Å². The quantitative estimate of drug-likeness (QED) is 0.876. The molecule has 0 spiro atoms. The summed E-state index contributed by atoms with van der Waals surface area (Å²) in [5.74, 6) is 2.12. The average molecular weight is 312 g/mol. The van der Waals surface area contributed by atoms with Crippen LogP contribution >= 0.6 is 0 Å². The monoisotopic (exact) mass is 312 g/mol. The molecule has 0 radical (unpaired) electrons. The molecule has 1 aromatic carbocycles. The van der Waals surface area contributed by atoms with Gasteiger partial charge in [0.25, 0.3) is 5.91 Å². The summed E-state index contributed by atoms with van der Waals surface area (Å²) in [6.45, 7) is 0. The lowest BCUT2D eigenvalue weighted by Crippen LogP contribution is -2.27. The van der Waals surface area contributed by atoms with Gasteiger partial charge in [-0.05, 0) is 62.0 Å². The van der Waals surface area contributed by atoms with Crippen LogP contribution in [-0.2, 0) is 4.79 Å². The minimum absolute atomic E-state index is 0.0502. The Morgan fingerprint density at radius 3 is 2.57 bits per heavy atom. The van der Waals surface area contributed by atoms with Crippen molar-refractivity contribution in [2.45, 2.75) is 51.0 Å². The zero-order valence-corrected chi connectivity index (χ0v) is 13.4. The van der Waals surface area contributed by atoms with E-state index in [2.05, 4.69) is 10.6 Å². The second-order valence-electron chi connectivity index (χ2n) is 7.48. The molecule has 0 saturated heterocycles. The van der Waals surface area contributed by atoms with Gasteiger partial charge in [-0.1, -0.05) is 18.6 Å². The first-order chi connectivity index (χ1) is 11.2. The second kappa shape index (κ2) is 5.99. The van der Waals surface area contributed by atoms with E-state index in [0.717, 1.165) is 24.7 Å². The maximum atomic E-state index is 12.4. The van der Waals surface area contributed by atoms with Gasteiger partial charge in [0, 0.05) is 12.5 Å². The molecule has 0 aromatic heterocycles. The highest BCUT2D eigenvalue weighted by Crippen LogP contribution is 2.49. The second-order valence-corrected chi connectivity index (χ2v) is 7.48. The fourth-order valence-electron chi connectivity index (χ4n) is 4.35. The van der Waals surface area contributed by atoms with Gasteiger partial charge in [-0.3, -0.25) is 9.59 Å². The summed E-state index contributed by atoms with van der Waals surface area (Å²) in [6.07, 6.45) is 7.89. The lowest BCUT2D eigenvalue weighted by molar-refractivity contribution is -0.117. The van der Waals surface area contributed by atoms with E-state index in [-0.39, 0.29) is 11.8 Å². The van der Waals surface area contributed by atoms with Crippen LogP contribution < -0.4 is 10.6 Å². The summed E-state index contributed by atoms with van der Waals surface area (Å²) in [6, 6.07) is 7.63. The fourth-order valence-corrected chi connectivity index (χ4v) is 4.35. The summed E-state index contributed by atoms with van der Waals surface area (Å²) >= 11 is 0. The van der Waals surface area contributed by atoms with E-state index < -0.39 is 0 Å². The molecule has 2 N–H and O–H groups in total. The highest BCUT2D eigenvalue weighted by Gasteiger charge is 2.40. The van der Waals surface area contributed by atoms with Crippen LogP contribution in [0.1, 0.15) is 55.3 Å². The summed E-state index contributed by atoms with van der Waals surface area (Å²) in [5.41, 5.74) is 1.21. The lowest BCUT2D eigenvalue weighted by atomic mass is 9.86. The van der Waals surface area contributed by atoms with E-state index in [1.165, 1.54) is 25.7 Å². The van der Waals surface area contributed by atoms with Crippen molar-refractivity contribution in [2.24, 2.45) is 17.8 Å². The summed E-state index contributed by atoms with van der Waals surface area (Å²) < 4.78 is 0. The molecule has 3 saturated carbocycles. The zero-order chi connectivity index (χ0) is 15.8. The van der Waals surface area contributed by atoms with Gasteiger partial charge in [0.1, 0.15) is 0 Å². The van der Waals surface area contributed by atoms with Crippen LogP contribution in [-0.4, -0.2) is 17.9 Å². The lowest BCUT2D eigenvalue weighted by Gasteiger charge is -2.21. The zero-order valence-electron chi connectivity index (χ0n) is 13.4. The molecule has 4 rings (SSSR count). The molecule has 3 aliphatic rings. The summed E-state index contributed by atoms with van der Waals surface area (Å²) in [5, 5.41) is 5.96. The molecule has 0 heterocycles. The Kier molecular flexibility index (Phi) is 3.83. The molecule has 4 nitrogen and oxygen atoms in total. The maximum Gasteiger partial charge on any atom is 0.253 e. The molecular formula is C19H24N2O2. The fraction of sp³-hybridized carbons (Fsp3) is 0.579. The first kappa shape index (κ1) is 14.7. The number of amides is 2. The number of para-hydroxylation sites is 1. The molecule has 2 amide bonds. The van der Waals surface area contributed by atoms with E-state index in [4.69, 9.17) is 0 Å². The first-order valence-electron chi connectivity index (χ1n) is 8.89. The van der Waals surface area contributed by atoms with Crippen molar-refractivity contribution in [1.29, 1.82) is 0 Å². The number of carbonyl (C=O) groups is 2. The molecule has 3 atom stereocenters. The predicted octanol–water partition coefficient (Wildman–Crippen LogP) is 3.34. The van der Waals surface area contributed by atoms with Crippen LogP contribution in [0.15, 0.2) is 24.3 Å². The topological polar surface area (TPSA) is 58.2 Å². The van der Waals surface area contributed by atoms with Crippen molar-refractivity contribution < 1.29 is 9.59 Å². The summed E-state index contributed by atoms with van der Waals surface area (Å²) in [7, 11) is 0. The molecule has 0 unspecified atom stereocenters. The van der Waals surface area contributed by atoms with Gasteiger partial charge >= 0.3 is 0 Å². The minimum Gasteiger partial charge on any atom is -0.349 e. The molecule has 4 heteroatoms. The van der Waals surface area contributed by atoms with Crippen LogP contribution in [0.3, 0.4) is 0 Å². The first-order valence-corrected chi connectivity index (χ1v) is 8.89. The van der Waals surface area contributed by atoms with Gasteiger partial charge in [0.2, 0.25) is 5.91 Å². The van der Waals surface area contributed by atoms with Crippen LogP contribution in [0.4, 0.5) is 5.69 Å². The third-order valence-corrected chi connectivity index (χ3v) is 5.69. The maximum absolute atomic E-state index is 12.4. The van der Waals surface area contributed by atoms with Gasteiger partial charge in [0.15, 0.2) is 0 Å². The van der Waals surface area contributed by atoms with E-state index >= 15 is 0 Å². The van der Waals surface area contributed by atoms with Crippen molar-refractivity contribution in [3.8, 4) is 0 Å². The third kappa shape index (κ3) is 3.26. The van der Waals surface area contributed by atoms with Gasteiger partial charge in [-0.15, -0.1) is 0 Å². The molecule has 2 bridgehead atoms. The number of carbonyl (C=O) groups excluding carboxylic acids is 2. The largest absolute Gasteiger partial charge is 0.349 e. The number of hydrogen-bond acceptors (Lipinski definition) is 2. The third-order valence-electron chi connectivity index (χ3n) is 5.69. The molecule has 23 heavy (non-hydrogen) atoms. The number of nitrogens with one attached hydrogen (secondary N) is 2. The SMILES string of the molecule is O=C(C[C@@H]1C[C@@H]2CC[C@@H]1C2)Nc1ccccc1C(=O)NC1CC1. The number of fused-ring (bicyclic) bond motifs is 2. The Morgan fingerprint density at radius 1 is 1.04 bits per heavy atom. The van der Waals surface area contributed by atoms with Crippen LogP contribution in [0.25, 0.3) is 0 Å². The highest BCUT2D eigenvalue weighted by atomic mass is 16.2. The van der Waals surface area contributed by atoms with E-state index in [1.54, 1.807) is 6.07 Å². The Balaban J connectivity index is 1.39. The Hall–Kier alpha value is -1.84. The van der Waals surface area contributed by atoms with E-state index in [0.29, 0.717) is 29.6 Å². The normalized spacial score (nSPS) is 28.6. The van der Waals surface area contributed by atoms with Crippen LogP contribution in [0.2, 0.25) is 0 Å². The Morgan fingerprint density at radius 2 is 1.87 bits per heavy atom. The van der Waals surface area contributed by atoms with Gasteiger partial charge in [-0.25, -0.2) is 0 Å². The standard InChI is InChI=1S/C19H24N2O2/c22-18(11-14-10-12-5-6-13(14)9-12)21-17-4-2-1-3-16(17)19(23)20-15-7-8-15/h1-4,12-15H,5-11H2,(H,20,23)(H,21,22)/t12-,13-,14+/m1/s1. The van der Waals surface area contributed by atoms with Gasteiger partial charge < -0.3 is 10.6 Å². The van der Waals surface area contributed by atoms with Crippen LogP contribution in [0.5, 0.6) is 0 Å². The van der Waals surface area contributed by atoms with E-state index in [1.807, 2.05) is 18.2 Å². The predicted molar refractivity (Wildman–Crippen MR) is 89.1 cm³/mol. The van der Waals surface area contributed by atoms with Crippen LogP contribution in [0, 0.1) is 17.8 Å². The molecule has 122 valence electrons. The average Bonchev–Trinajstić information content (AvgIpc) is 3.10. The van der Waals surface area contributed by atoms with Crippen molar-refractivity contribution in [2.75, 3.05) is 5.32 Å². The number of benzene rings is 1. The Labute approximate surface area is 137 Å². The number of hydrogen-bond donors (Lipinski definition) is 2. The molecule has 0 aliphatic heterocycles. The van der Waals surface area contributed by atoms with Crippen molar-refractivity contribution in [3.63, 3.8) is 0 Å². The highest BCUT2D eigenvalue weighted by molar-refractivity contribution is 6.03. The van der Waals surface area contributed by atoms with Crippen molar-refractivity contribution in [3.05, 3.63) is 29.8 Å². The van der Waals surface area contributed by atoms with Crippen molar-refractivity contribution in [1.82, 2.24) is 5.32 Å². The summed E-state index contributed by atoms with van der Waals surface area (Å²) in [4.78, 5) is 24.7. The minimum atomic E-state index is -0.0803. The van der Waals surface area contributed by atoms with E-state index in [9.17, 15) is 9.59 Å². The van der Waals surface area contributed by atoms with Crippen molar-refractivity contribution >= 4 is 17.5 Å². The molecule has 1 aromatic rings. The molecular weight excluding hydrogens is 288 g/mol. The molecule has 3 aliphatic carbocycles. The molecule has 3 fully saturated rings. The smallest absolute Gasteiger partial charge is 0.253 e. The number of rotatable bonds is 5.